The lowest BCUT2D eigenvalue weighted by Crippen LogP contribution is -2.76. The highest BCUT2D eigenvalue weighted by Crippen LogP contribution is 2.47. The Bertz CT molecular complexity index is 560. The summed E-state index contributed by atoms with van der Waals surface area (Å²) in [5, 5.41) is 75.8. The summed E-state index contributed by atoms with van der Waals surface area (Å²) in [6.45, 7) is -2.11. The molecule has 0 aromatic carbocycles. The van der Waals surface area contributed by atoms with Crippen LogP contribution in [0.15, 0.2) is 0 Å². The highest BCUT2D eigenvalue weighted by atomic mass is 35.5. The van der Waals surface area contributed by atoms with E-state index in [-0.39, 0.29) is 0 Å². The standard InChI is InChI=1S/C14H23ClO12/c1-5(19)14(13(15,24)11(23)9(21)7(3-17)26-14)27-12(4-18)10(22)8(20)6(2-16)25-12/h6-11,16-18,20-24H,2-4H2,1H3/t6-,7-,8-,9-,10+,11+,12?,13-,14+/m1/s1. The lowest BCUT2D eigenvalue weighted by Gasteiger charge is -2.53. The van der Waals surface area contributed by atoms with Gasteiger partial charge in [-0.1, -0.05) is 11.6 Å². The first-order valence-electron chi connectivity index (χ1n) is 7.97. The number of hydrogen-bond acceptors (Lipinski definition) is 12. The minimum absolute atomic E-state index is 0.803. The molecule has 2 heterocycles. The molecule has 8 N–H and O–H groups in total. The molecule has 0 radical (unpaired) electrons. The molecule has 12 nitrogen and oxygen atoms in total. The van der Waals surface area contributed by atoms with Gasteiger partial charge in [0.15, 0.2) is 5.78 Å². The topological polar surface area (TPSA) is 207 Å². The van der Waals surface area contributed by atoms with Crippen molar-refractivity contribution >= 4 is 17.4 Å². The zero-order valence-electron chi connectivity index (χ0n) is 14.2. The van der Waals surface area contributed by atoms with Gasteiger partial charge in [-0.2, -0.15) is 0 Å². The van der Waals surface area contributed by atoms with Crippen molar-refractivity contribution in [1.29, 1.82) is 0 Å². The number of Topliss-reactive ketones (excluding diaryl/α,β-unsaturated/α-hetero) is 1. The first-order chi connectivity index (χ1) is 12.4. The molecule has 9 atom stereocenters. The summed E-state index contributed by atoms with van der Waals surface area (Å²) in [6.07, 6.45) is -11.1. The fourth-order valence-electron chi connectivity index (χ4n) is 3.13. The van der Waals surface area contributed by atoms with Crippen LogP contribution in [-0.4, -0.2) is 120 Å². The van der Waals surface area contributed by atoms with Crippen LogP contribution in [0.1, 0.15) is 6.92 Å². The summed E-state index contributed by atoms with van der Waals surface area (Å²) >= 11 is 5.87. The van der Waals surface area contributed by atoms with Gasteiger partial charge in [0.05, 0.1) is 13.2 Å². The van der Waals surface area contributed by atoms with Gasteiger partial charge in [-0.3, -0.25) is 4.79 Å². The van der Waals surface area contributed by atoms with E-state index in [4.69, 9.17) is 25.8 Å². The Morgan fingerprint density at radius 3 is 1.89 bits per heavy atom. The number of carbonyl (C=O) groups is 1. The molecule has 27 heavy (non-hydrogen) atoms. The molecule has 2 rings (SSSR count). The molecule has 0 aliphatic carbocycles. The van der Waals surface area contributed by atoms with Gasteiger partial charge in [-0.15, -0.1) is 0 Å². The Labute approximate surface area is 158 Å². The lowest BCUT2D eigenvalue weighted by atomic mass is 9.89. The van der Waals surface area contributed by atoms with Crippen LogP contribution in [0.2, 0.25) is 0 Å². The van der Waals surface area contributed by atoms with Crippen molar-refractivity contribution in [2.45, 2.75) is 60.2 Å². The van der Waals surface area contributed by atoms with Gasteiger partial charge >= 0.3 is 0 Å². The van der Waals surface area contributed by atoms with Crippen molar-refractivity contribution in [2.24, 2.45) is 0 Å². The molecule has 0 bridgehead atoms. The Kier molecular flexibility index (Phi) is 6.54. The van der Waals surface area contributed by atoms with Crippen LogP contribution >= 0.6 is 11.6 Å². The van der Waals surface area contributed by atoms with Crippen molar-refractivity contribution in [3.05, 3.63) is 0 Å². The molecule has 2 fully saturated rings. The largest absolute Gasteiger partial charge is 0.394 e. The third-order valence-corrected chi connectivity index (χ3v) is 5.21. The predicted octanol–water partition coefficient (Wildman–Crippen LogP) is -4.87. The average molecular weight is 419 g/mol. The molecule has 0 aromatic heterocycles. The number of ketones is 1. The molecule has 2 aliphatic rings. The zero-order valence-corrected chi connectivity index (χ0v) is 14.9. The predicted molar refractivity (Wildman–Crippen MR) is 83.1 cm³/mol. The number of halogens is 1. The van der Waals surface area contributed by atoms with E-state index in [0.717, 1.165) is 6.92 Å². The Morgan fingerprint density at radius 2 is 1.48 bits per heavy atom. The highest BCUT2D eigenvalue weighted by Gasteiger charge is 2.71. The van der Waals surface area contributed by atoms with E-state index in [2.05, 4.69) is 0 Å². The second-order valence-electron chi connectivity index (χ2n) is 6.47. The van der Waals surface area contributed by atoms with Crippen molar-refractivity contribution in [2.75, 3.05) is 19.8 Å². The van der Waals surface area contributed by atoms with Crippen LogP contribution in [0, 0.1) is 0 Å². The SMILES string of the molecule is CC(=O)[C@@]1(OC2(CO)O[C@H](CO)[C@@H](O)[C@@H]2O)O[C@H](CO)[C@@H](O)[C@H](O)[C@]1(O)Cl. The van der Waals surface area contributed by atoms with Crippen molar-refractivity contribution in [3.8, 4) is 0 Å². The van der Waals surface area contributed by atoms with Gasteiger partial charge in [0.1, 0.15) is 43.2 Å². The number of carbonyl (C=O) groups excluding carboxylic acids is 1. The lowest BCUT2D eigenvalue weighted by molar-refractivity contribution is -0.424. The normalized spacial score (nSPS) is 50.7. The molecule has 0 spiro atoms. The molecular weight excluding hydrogens is 396 g/mol. The monoisotopic (exact) mass is 418 g/mol. The van der Waals surface area contributed by atoms with E-state index < -0.39 is 78.9 Å². The van der Waals surface area contributed by atoms with Crippen LogP contribution in [0.3, 0.4) is 0 Å². The fraction of sp³-hybridized carbons (Fsp3) is 0.929. The number of aliphatic hydroxyl groups excluding tert-OH is 7. The van der Waals surface area contributed by atoms with E-state index in [1.807, 2.05) is 0 Å². The van der Waals surface area contributed by atoms with Gasteiger partial charge in [-0.25, -0.2) is 0 Å². The number of ether oxygens (including phenoxy) is 3. The van der Waals surface area contributed by atoms with E-state index in [1.54, 1.807) is 0 Å². The average Bonchev–Trinajstić information content (AvgIpc) is 2.87. The number of rotatable bonds is 6. The third kappa shape index (κ3) is 3.29. The summed E-state index contributed by atoms with van der Waals surface area (Å²) in [5.41, 5.74) is 0. The maximum Gasteiger partial charge on any atom is 0.279 e. The number of alkyl halides is 1. The second-order valence-corrected chi connectivity index (χ2v) is 7.04. The van der Waals surface area contributed by atoms with Gasteiger partial charge in [0.25, 0.3) is 5.79 Å². The molecule has 158 valence electrons. The van der Waals surface area contributed by atoms with Crippen molar-refractivity contribution in [3.63, 3.8) is 0 Å². The van der Waals surface area contributed by atoms with Crippen molar-refractivity contribution in [1.82, 2.24) is 0 Å². The van der Waals surface area contributed by atoms with Gasteiger partial charge in [-0.05, 0) is 0 Å². The molecule has 13 heteroatoms. The summed E-state index contributed by atoms with van der Waals surface area (Å²) < 4.78 is 15.6. The quantitative estimate of drug-likeness (QED) is 0.191. The minimum atomic E-state index is -3.16. The van der Waals surface area contributed by atoms with Crippen LogP contribution in [0.4, 0.5) is 0 Å². The molecule has 0 saturated carbocycles. The molecule has 2 aliphatic heterocycles. The first kappa shape index (κ1) is 22.8. The van der Waals surface area contributed by atoms with Gasteiger partial charge < -0.3 is 55.1 Å². The van der Waals surface area contributed by atoms with Crippen LogP contribution < -0.4 is 0 Å². The van der Waals surface area contributed by atoms with Gasteiger partial charge in [0.2, 0.25) is 10.8 Å². The molecule has 0 aromatic rings. The third-order valence-electron chi connectivity index (χ3n) is 4.74. The Hall–Kier alpha value is -0.480. The van der Waals surface area contributed by atoms with Crippen LogP contribution in [-0.2, 0) is 19.0 Å². The summed E-state index contributed by atoms with van der Waals surface area (Å²) in [6, 6.07) is 0. The highest BCUT2D eigenvalue weighted by molar-refractivity contribution is 6.26. The van der Waals surface area contributed by atoms with E-state index in [9.17, 15) is 45.6 Å². The summed E-state index contributed by atoms with van der Waals surface area (Å²) in [4.78, 5) is 12.3. The maximum atomic E-state index is 12.3. The molecule has 0 amide bonds. The molecule has 1 unspecified atom stereocenters. The maximum absolute atomic E-state index is 12.3. The molecular formula is C14H23ClO12. The number of aliphatic hydroxyl groups is 8. The second kappa shape index (κ2) is 7.74. The van der Waals surface area contributed by atoms with E-state index >= 15 is 0 Å². The van der Waals surface area contributed by atoms with Crippen molar-refractivity contribution < 1.29 is 59.9 Å². The number of hydrogen-bond donors (Lipinski definition) is 8. The smallest absolute Gasteiger partial charge is 0.279 e. The minimum Gasteiger partial charge on any atom is -0.394 e. The van der Waals surface area contributed by atoms with Crippen LogP contribution in [0.25, 0.3) is 0 Å². The first-order valence-corrected chi connectivity index (χ1v) is 8.34. The summed E-state index contributed by atoms with van der Waals surface area (Å²) in [5.74, 6) is -6.84. The summed E-state index contributed by atoms with van der Waals surface area (Å²) in [7, 11) is 0. The fourth-order valence-corrected chi connectivity index (χ4v) is 3.47. The Balaban J connectivity index is 2.54. The molecule has 2 saturated heterocycles. The zero-order chi connectivity index (χ0) is 20.8. The van der Waals surface area contributed by atoms with E-state index in [0.29, 0.717) is 0 Å². The Morgan fingerprint density at radius 1 is 1.00 bits per heavy atom. The van der Waals surface area contributed by atoms with Crippen LogP contribution in [0.5, 0.6) is 0 Å². The van der Waals surface area contributed by atoms with Gasteiger partial charge in [0, 0.05) is 6.92 Å². The van der Waals surface area contributed by atoms with E-state index in [1.165, 1.54) is 0 Å².